The van der Waals surface area contributed by atoms with Crippen molar-refractivity contribution in [1.82, 2.24) is 4.90 Å². The van der Waals surface area contributed by atoms with E-state index in [2.05, 4.69) is 18.7 Å². The molecule has 1 amide bonds. The predicted molar refractivity (Wildman–Crippen MR) is 69.6 cm³/mol. The Balaban J connectivity index is 1.98. The Morgan fingerprint density at radius 1 is 1.00 bits per heavy atom. The molecule has 2 N–H and O–H groups in total. The van der Waals surface area contributed by atoms with Crippen LogP contribution in [0.3, 0.4) is 0 Å². The highest BCUT2D eigenvalue weighted by molar-refractivity contribution is 5.79. The molecular formula is C14H26N2O. The maximum Gasteiger partial charge on any atom is 0.226 e. The fourth-order valence-corrected chi connectivity index (χ4v) is 3.43. The number of nitrogens with zero attached hydrogens (tertiary/aromatic N) is 1. The fraction of sp³-hybridized carbons (Fsp3) is 0.929. The summed E-state index contributed by atoms with van der Waals surface area (Å²) in [6.45, 7) is 4.39. The number of nitrogens with two attached hydrogens (primary N) is 1. The van der Waals surface area contributed by atoms with Crippen LogP contribution in [0.2, 0.25) is 0 Å². The van der Waals surface area contributed by atoms with Crippen LogP contribution in [0.1, 0.15) is 58.8 Å². The smallest absolute Gasteiger partial charge is 0.226 e. The fourth-order valence-electron chi connectivity index (χ4n) is 3.43. The standard InChI is InChI=1S/C14H26N2O/c1-10-4-3-5-11(2)16(10)14(17)12-6-8-13(15)9-7-12/h10-13H,3-9,15H2,1-2H3/t10-,11+,12?,13?. The maximum absolute atomic E-state index is 12.6. The zero-order valence-corrected chi connectivity index (χ0v) is 11.2. The van der Waals surface area contributed by atoms with Crippen molar-refractivity contribution in [2.24, 2.45) is 11.7 Å². The second-order valence-electron chi connectivity index (χ2n) is 5.99. The Labute approximate surface area is 105 Å². The van der Waals surface area contributed by atoms with Gasteiger partial charge < -0.3 is 10.6 Å². The van der Waals surface area contributed by atoms with Crippen LogP contribution in [0.4, 0.5) is 0 Å². The molecule has 3 heteroatoms. The van der Waals surface area contributed by atoms with Crippen molar-refractivity contribution in [3.63, 3.8) is 0 Å². The zero-order valence-electron chi connectivity index (χ0n) is 11.2. The summed E-state index contributed by atoms with van der Waals surface area (Å²) < 4.78 is 0. The molecule has 1 saturated carbocycles. The van der Waals surface area contributed by atoms with Crippen LogP contribution in [0.5, 0.6) is 0 Å². The number of amides is 1. The Kier molecular flexibility index (Phi) is 4.08. The molecular weight excluding hydrogens is 212 g/mol. The molecule has 98 valence electrons. The summed E-state index contributed by atoms with van der Waals surface area (Å²) in [6, 6.07) is 1.19. The van der Waals surface area contributed by atoms with Crippen LogP contribution < -0.4 is 5.73 Å². The quantitative estimate of drug-likeness (QED) is 0.762. The lowest BCUT2D eigenvalue weighted by molar-refractivity contribution is -0.142. The van der Waals surface area contributed by atoms with Crippen LogP contribution >= 0.6 is 0 Å². The molecule has 2 rings (SSSR count). The number of rotatable bonds is 1. The van der Waals surface area contributed by atoms with Crippen molar-refractivity contribution in [2.75, 3.05) is 0 Å². The van der Waals surface area contributed by atoms with E-state index < -0.39 is 0 Å². The van der Waals surface area contributed by atoms with E-state index in [-0.39, 0.29) is 5.92 Å². The molecule has 3 nitrogen and oxygen atoms in total. The van der Waals surface area contributed by atoms with Gasteiger partial charge in [0.25, 0.3) is 0 Å². The van der Waals surface area contributed by atoms with Gasteiger partial charge in [0.2, 0.25) is 5.91 Å². The van der Waals surface area contributed by atoms with Crippen LogP contribution in [0.25, 0.3) is 0 Å². The first-order chi connectivity index (χ1) is 8.09. The van der Waals surface area contributed by atoms with Gasteiger partial charge in [0, 0.05) is 24.0 Å². The molecule has 0 aromatic rings. The Morgan fingerprint density at radius 3 is 2.06 bits per heavy atom. The van der Waals surface area contributed by atoms with Gasteiger partial charge in [-0.25, -0.2) is 0 Å². The molecule has 2 aliphatic rings. The highest BCUT2D eigenvalue weighted by atomic mass is 16.2. The van der Waals surface area contributed by atoms with E-state index in [1.54, 1.807) is 0 Å². The largest absolute Gasteiger partial charge is 0.337 e. The third-order valence-corrected chi connectivity index (χ3v) is 4.57. The minimum absolute atomic E-state index is 0.248. The summed E-state index contributed by atoms with van der Waals surface area (Å²) in [5.41, 5.74) is 5.91. The second kappa shape index (κ2) is 5.38. The minimum atomic E-state index is 0.248. The highest BCUT2D eigenvalue weighted by Gasteiger charge is 2.34. The molecule has 0 spiro atoms. The van der Waals surface area contributed by atoms with Crippen LogP contribution in [-0.4, -0.2) is 28.9 Å². The molecule has 1 heterocycles. The topological polar surface area (TPSA) is 46.3 Å². The lowest BCUT2D eigenvalue weighted by Gasteiger charge is -2.42. The molecule has 2 atom stereocenters. The zero-order chi connectivity index (χ0) is 12.4. The van der Waals surface area contributed by atoms with Gasteiger partial charge in [0.15, 0.2) is 0 Å². The predicted octanol–water partition coefficient (Wildman–Crippen LogP) is 2.29. The highest BCUT2D eigenvalue weighted by Crippen LogP contribution is 2.30. The number of carbonyl (C=O) groups is 1. The van der Waals surface area contributed by atoms with Crippen LogP contribution in [0, 0.1) is 5.92 Å². The van der Waals surface area contributed by atoms with Gasteiger partial charge in [-0.2, -0.15) is 0 Å². The van der Waals surface area contributed by atoms with E-state index in [1.165, 1.54) is 19.3 Å². The Bertz CT molecular complexity index is 261. The average molecular weight is 238 g/mol. The van der Waals surface area contributed by atoms with E-state index >= 15 is 0 Å². The Morgan fingerprint density at radius 2 is 1.53 bits per heavy atom. The van der Waals surface area contributed by atoms with Gasteiger partial charge in [-0.05, 0) is 58.8 Å². The molecule has 2 fully saturated rings. The summed E-state index contributed by atoms with van der Waals surface area (Å²) in [4.78, 5) is 14.7. The first-order valence-corrected chi connectivity index (χ1v) is 7.17. The number of hydrogen-bond donors (Lipinski definition) is 1. The van der Waals surface area contributed by atoms with Gasteiger partial charge in [-0.1, -0.05) is 0 Å². The lowest BCUT2D eigenvalue weighted by Crippen LogP contribution is -2.50. The van der Waals surface area contributed by atoms with Gasteiger partial charge in [-0.3, -0.25) is 4.79 Å². The third-order valence-electron chi connectivity index (χ3n) is 4.57. The van der Waals surface area contributed by atoms with Gasteiger partial charge in [0.1, 0.15) is 0 Å². The molecule has 1 saturated heterocycles. The van der Waals surface area contributed by atoms with Crippen molar-refractivity contribution in [2.45, 2.75) is 76.9 Å². The molecule has 0 aromatic carbocycles. The normalized spacial score (nSPS) is 39.1. The van der Waals surface area contributed by atoms with E-state index in [9.17, 15) is 4.79 Å². The van der Waals surface area contributed by atoms with Crippen molar-refractivity contribution in [3.8, 4) is 0 Å². The Hall–Kier alpha value is -0.570. The van der Waals surface area contributed by atoms with Crippen LogP contribution in [-0.2, 0) is 4.79 Å². The average Bonchev–Trinajstić information content (AvgIpc) is 2.29. The molecule has 1 aliphatic carbocycles. The number of piperidine rings is 1. The summed E-state index contributed by atoms with van der Waals surface area (Å²) in [7, 11) is 0. The van der Waals surface area contributed by atoms with Crippen molar-refractivity contribution in [1.29, 1.82) is 0 Å². The second-order valence-corrected chi connectivity index (χ2v) is 5.99. The first kappa shape index (κ1) is 12.9. The van der Waals surface area contributed by atoms with Gasteiger partial charge in [0.05, 0.1) is 0 Å². The monoisotopic (exact) mass is 238 g/mol. The van der Waals surface area contributed by atoms with Crippen LogP contribution in [0.15, 0.2) is 0 Å². The summed E-state index contributed by atoms with van der Waals surface area (Å²) >= 11 is 0. The molecule has 0 radical (unpaired) electrons. The van der Waals surface area contributed by atoms with Gasteiger partial charge >= 0.3 is 0 Å². The molecule has 0 bridgehead atoms. The van der Waals surface area contributed by atoms with Crippen molar-refractivity contribution < 1.29 is 4.79 Å². The number of carbonyl (C=O) groups excluding carboxylic acids is 1. The summed E-state index contributed by atoms with van der Waals surface area (Å²) in [5, 5.41) is 0. The van der Waals surface area contributed by atoms with Gasteiger partial charge in [-0.15, -0.1) is 0 Å². The number of hydrogen-bond acceptors (Lipinski definition) is 2. The minimum Gasteiger partial charge on any atom is -0.337 e. The summed E-state index contributed by atoms with van der Waals surface area (Å²) in [6.07, 6.45) is 7.64. The SMILES string of the molecule is C[C@@H]1CCC[C@H](C)N1C(=O)C1CCC(N)CC1. The maximum atomic E-state index is 12.6. The van der Waals surface area contributed by atoms with E-state index in [0.29, 0.717) is 24.0 Å². The first-order valence-electron chi connectivity index (χ1n) is 7.17. The molecule has 1 aliphatic heterocycles. The van der Waals surface area contributed by atoms with Crippen molar-refractivity contribution >= 4 is 5.91 Å². The lowest BCUT2D eigenvalue weighted by atomic mass is 9.84. The molecule has 0 aromatic heterocycles. The van der Waals surface area contributed by atoms with E-state index in [4.69, 9.17) is 5.73 Å². The molecule has 17 heavy (non-hydrogen) atoms. The summed E-state index contributed by atoms with van der Waals surface area (Å²) in [5.74, 6) is 0.648. The third kappa shape index (κ3) is 2.82. The van der Waals surface area contributed by atoms with Crippen molar-refractivity contribution in [3.05, 3.63) is 0 Å². The molecule has 0 unspecified atom stereocenters. The van der Waals surface area contributed by atoms with E-state index in [1.807, 2.05) is 0 Å². The van der Waals surface area contributed by atoms with E-state index in [0.717, 1.165) is 25.7 Å². The number of likely N-dealkylation sites (tertiary alicyclic amines) is 1.